The molecule has 1 saturated carbocycles. The lowest BCUT2D eigenvalue weighted by Crippen LogP contribution is -2.40. The first kappa shape index (κ1) is 15.8. The standard InChI is InChI=1S/C18H32N2/c1-2-15-19-17-13-14-18(17)20-16-11-9-7-5-3-4-6-8-10-12-16/h13-14,16-17,19H,2-12,15H2,1H3. The first-order chi connectivity index (χ1) is 9.90. The average Bonchev–Trinajstić information content (AvgIpc) is 2.49. The Morgan fingerprint density at radius 2 is 1.60 bits per heavy atom. The molecule has 1 N–H and O–H groups in total. The van der Waals surface area contributed by atoms with Gasteiger partial charge in [-0.25, -0.2) is 0 Å². The molecule has 2 nitrogen and oxygen atoms in total. The topological polar surface area (TPSA) is 24.4 Å². The van der Waals surface area contributed by atoms with Gasteiger partial charge in [-0.3, -0.25) is 4.99 Å². The van der Waals surface area contributed by atoms with Crippen molar-refractivity contribution in [2.24, 2.45) is 4.99 Å². The lowest BCUT2D eigenvalue weighted by atomic mass is 9.98. The molecule has 0 aromatic rings. The fourth-order valence-corrected chi connectivity index (χ4v) is 3.18. The highest BCUT2D eigenvalue weighted by Gasteiger charge is 2.19. The van der Waals surface area contributed by atoms with Gasteiger partial charge in [0.1, 0.15) is 0 Å². The smallest absolute Gasteiger partial charge is 0.0680 e. The van der Waals surface area contributed by atoms with Gasteiger partial charge in [0.25, 0.3) is 0 Å². The minimum Gasteiger partial charge on any atom is -0.305 e. The highest BCUT2D eigenvalue weighted by molar-refractivity contribution is 6.06. The third-order valence-corrected chi connectivity index (χ3v) is 4.55. The van der Waals surface area contributed by atoms with Gasteiger partial charge < -0.3 is 5.32 Å². The minimum absolute atomic E-state index is 0.438. The Morgan fingerprint density at radius 1 is 1.00 bits per heavy atom. The molecule has 1 fully saturated rings. The van der Waals surface area contributed by atoms with Crippen LogP contribution in [0.5, 0.6) is 0 Å². The summed E-state index contributed by atoms with van der Waals surface area (Å²) in [6, 6.07) is 1.02. The molecular formula is C18H32N2. The van der Waals surface area contributed by atoms with Crippen LogP contribution < -0.4 is 5.32 Å². The van der Waals surface area contributed by atoms with Crippen molar-refractivity contribution in [3.05, 3.63) is 12.2 Å². The number of rotatable bonds is 4. The van der Waals surface area contributed by atoms with Crippen LogP contribution >= 0.6 is 0 Å². The zero-order chi connectivity index (χ0) is 14.0. The zero-order valence-electron chi connectivity index (χ0n) is 13.2. The Hall–Kier alpha value is -0.630. The largest absolute Gasteiger partial charge is 0.305 e. The predicted octanol–water partition coefficient (Wildman–Crippen LogP) is 4.65. The van der Waals surface area contributed by atoms with Crippen LogP contribution in [0.1, 0.15) is 77.6 Å². The maximum absolute atomic E-state index is 5.05. The van der Waals surface area contributed by atoms with Crippen LogP contribution in [0, 0.1) is 0 Å². The van der Waals surface area contributed by atoms with E-state index in [2.05, 4.69) is 24.4 Å². The van der Waals surface area contributed by atoms with Gasteiger partial charge in [0, 0.05) is 0 Å². The Morgan fingerprint density at radius 3 is 2.10 bits per heavy atom. The fourth-order valence-electron chi connectivity index (χ4n) is 3.18. The summed E-state index contributed by atoms with van der Waals surface area (Å²) in [5, 5.41) is 3.55. The van der Waals surface area contributed by atoms with Crippen LogP contribution in [0.4, 0.5) is 0 Å². The maximum atomic E-state index is 5.05. The third kappa shape index (κ3) is 5.40. The van der Waals surface area contributed by atoms with Gasteiger partial charge in [0.15, 0.2) is 0 Å². The van der Waals surface area contributed by atoms with Crippen molar-refractivity contribution in [3.8, 4) is 0 Å². The summed E-state index contributed by atoms with van der Waals surface area (Å²) in [7, 11) is 0. The van der Waals surface area contributed by atoms with E-state index < -0.39 is 0 Å². The van der Waals surface area contributed by atoms with Gasteiger partial charge in [-0.2, -0.15) is 0 Å². The lowest BCUT2D eigenvalue weighted by molar-refractivity contribution is 0.509. The van der Waals surface area contributed by atoms with Crippen molar-refractivity contribution in [2.45, 2.75) is 89.6 Å². The van der Waals surface area contributed by atoms with Crippen LogP contribution in [-0.2, 0) is 0 Å². The molecule has 0 aromatic carbocycles. The average molecular weight is 276 g/mol. The van der Waals surface area contributed by atoms with E-state index >= 15 is 0 Å². The Kier molecular flexibility index (Phi) is 7.35. The van der Waals surface area contributed by atoms with E-state index in [1.807, 2.05) is 0 Å². The predicted molar refractivity (Wildman–Crippen MR) is 88.6 cm³/mol. The van der Waals surface area contributed by atoms with Gasteiger partial charge in [0.05, 0.1) is 17.8 Å². The van der Waals surface area contributed by atoms with E-state index in [-0.39, 0.29) is 0 Å². The first-order valence-corrected chi connectivity index (χ1v) is 8.89. The molecule has 2 heteroatoms. The summed E-state index contributed by atoms with van der Waals surface area (Å²) in [6.07, 6.45) is 19.6. The molecule has 2 aliphatic carbocycles. The van der Waals surface area contributed by atoms with Gasteiger partial charge >= 0.3 is 0 Å². The Labute approximate surface area is 125 Å². The molecule has 20 heavy (non-hydrogen) atoms. The van der Waals surface area contributed by atoms with Gasteiger partial charge in [0.2, 0.25) is 0 Å². The van der Waals surface area contributed by atoms with E-state index in [4.69, 9.17) is 4.99 Å². The summed E-state index contributed by atoms with van der Waals surface area (Å²) < 4.78 is 0. The third-order valence-electron chi connectivity index (χ3n) is 4.55. The molecule has 0 amide bonds. The monoisotopic (exact) mass is 276 g/mol. The molecule has 0 radical (unpaired) electrons. The first-order valence-electron chi connectivity index (χ1n) is 8.89. The molecule has 114 valence electrons. The van der Waals surface area contributed by atoms with E-state index in [1.165, 1.54) is 76.3 Å². The molecular weight excluding hydrogens is 244 g/mol. The molecule has 0 saturated heterocycles. The van der Waals surface area contributed by atoms with E-state index in [1.54, 1.807) is 0 Å². The second-order valence-electron chi connectivity index (χ2n) is 6.40. The van der Waals surface area contributed by atoms with Crippen LogP contribution in [0.15, 0.2) is 17.1 Å². The van der Waals surface area contributed by atoms with Crippen molar-refractivity contribution in [2.75, 3.05) is 6.54 Å². The van der Waals surface area contributed by atoms with Crippen molar-refractivity contribution in [1.29, 1.82) is 0 Å². The highest BCUT2D eigenvalue weighted by atomic mass is 15.0. The van der Waals surface area contributed by atoms with Crippen molar-refractivity contribution < 1.29 is 0 Å². The van der Waals surface area contributed by atoms with Crippen molar-refractivity contribution in [3.63, 3.8) is 0 Å². The minimum atomic E-state index is 0.438. The summed E-state index contributed by atoms with van der Waals surface area (Å²) in [6.45, 7) is 3.31. The molecule has 0 bridgehead atoms. The van der Waals surface area contributed by atoms with Crippen LogP contribution in [0.25, 0.3) is 0 Å². The molecule has 0 heterocycles. The summed E-state index contributed by atoms with van der Waals surface area (Å²) >= 11 is 0. The summed E-state index contributed by atoms with van der Waals surface area (Å²) in [5.74, 6) is 0. The number of hydrogen-bond donors (Lipinski definition) is 1. The maximum Gasteiger partial charge on any atom is 0.0680 e. The van der Waals surface area contributed by atoms with Crippen molar-refractivity contribution >= 4 is 5.71 Å². The summed E-state index contributed by atoms with van der Waals surface area (Å²) in [4.78, 5) is 5.05. The molecule has 1 atom stereocenters. The molecule has 1 unspecified atom stereocenters. The van der Waals surface area contributed by atoms with Gasteiger partial charge in [-0.1, -0.05) is 64.4 Å². The second-order valence-corrected chi connectivity index (χ2v) is 6.40. The number of nitrogens with zero attached hydrogens (tertiary/aromatic N) is 1. The number of nitrogens with one attached hydrogen (secondary N) is 1. The van der Waals surface area contributed by atoms with Gasteiger partial charge in [-0.15, -0.1) is 0 Å². The van der Waals surface area contributed by atoms with Crippen LogP contribution in [-0.4, -0.2) is 24.3 Å². The van der Waals surface area contributed by atoms with Crippen LogP contribution in [0.3, 0.4) is 0 Å². The molecule has 2 rings (SSSR count). The zero-order valence-corrected chi connectivity index (χ0v) is 13.2. The van der Waals surface area contributed by atoms with E-state index in [9.17, 15) is 0 Å². The second kappa shape index (κ2) is 9.33. The Balaban J connectivity index is 1.82. The summed E-state index contributed by atoms with van der Waals surface area (Å²) in [5.41, 5.74) is 1.30. The quantitative estimate of drug-likeness (QED) is 0.794. The fraction of sp³-hybridized carbons (Fsp3) is 0.833. The molecule has 0 aromatic heterocycles. The number of hydrogen-bond acceptors (Lipinski definition) is 2. The van der Waals surface area contributed by atoms with E-state index in [0.29, 0.717) is 12.1 Å². The van der Waals surface area contributed by atoms with Crippen molar-refractivity contribution in [1.82, 2.24) is 5.32 Å². The Bertz CT molecular complexity index is 307. The normalized spacial score (nSPS) is 28.1. The SMILES string of the molecule is CCCNC1C=CC1=NC1CCCCCCCCCC1. The molecule has 0 aliphatic heterocycles. The van der Waals surface area contributed by atoms with E-state index in [0.717, 1.165) is 6.54 Å². The lowest BCUT2D eigenvalue weighted by Gasteiger charge is -2.24. The molecule has 2 aliphatic rings. The highest BCUT2D eigenvalue weighted by Crippen LogP contribution is 2.20. The van der Waals surface area contributed by atoms with Gasteiger partial charge in [-0.05, 0) is 31.9 Å². The number of aliphatic imine (C=N–C) groups is 1. The van der Waals surface area contributed by atoms with Crippen LogP contribution in [0.2, 0.25) is 0 Å². The molecule has 0 spiro atoms.